The summed E-state index contributed by atoms with van der Waals surface area (Å²) >= 11 is 0. The van der Waals surface area contributed by atoms with Gasteiger partial charge in [-0.1, -0.05) is 52.0 Å². The van der Waals surface area contributed by atoms with Gasteiger partial charge in [-0.2, -0.15) is 0 Å². The summed E-state index contributed by atoms with van der Waals surface area (Å²) in [7, 11) is 6.27. The lowest BCUT2D eigenvalue weighted by Crippen LogP contribution is -2.34. The molecule has 9 atom stereocenters. The first-order valence-electron chi connectivity index (χ1n) is 20.3. The molecule has 0 aliphatic carbocycles. The third-order valence-corrected chi connectivity index (χ3v) is 11.0. The Kier molecular flexibility index (Phi) is 18.8. The van der Waals surface area contributed by atoms with Crippen molar-refractivity contribution in [2.45, 2.75) is 110 Å². The average Bonchev–Trinajstić information content (AvgIpc) is 4.03. The highest BCUT2D eigenvalue weighted by Gasteiger charge is 2.31. The number of allylic oxidation sites excluding steroid dienone is 2. The van der Waals surface area contributed by atoms with Gasteiger partial charge < -0.3 is 42.2 Å². The van der Waals surface area contributed by atoms with Crippen molar-refractivity contribution >= 4 is 30.0 Å². The van der Waals surface area contributed by atoms with Gasteiger partial charge in [0.05, 0.1) is 24.7 Å². The minimum atomic E-state index is -1.19. The number of esters is 1. The number of aliphatic hydroxyl groups excluding tert-OH is 1. The molecule has 0 spiro atoms. The first-order valence-corrected chi connectivity index (χ1v) is 20.3. The van der Waals surface area contributed by atoms with Gasteiger partial charge in [0.2, 0.25) is 24.1 Å². The largest absolute Gasteiger partial charge is 0.462 e. The maximum atomic E-state index is 13.3. The Balaban J connectivity index is 1.48. The molecule has 60 heavy (non-hydrogen) atoms. The molecule has 16 nitrogen and oxygen atoms in total. The molecule has 0 saturated carbocycles. The first-order chi connectivity index (χ1) is 28.8. The lowest BCUT2D eigenvalue weighted by atomic mass is 9.86. The van der Waals surface area contributed by atoms with Gasteiger partial charge in [-0.3, -0.25) is 19.2 Å². The lowest BCUT2D eigenvalue weighted by molar-refractivity contribution is -0.156. The van der Waals surface area contributed by atoms with Gasteiger partial charge in [-0.25, -0.2) is 15.0 Å². The van der Waals surface area contributed by atoms with E-state index in [2.05, 4.69) is 15.0 Å². The van der Waals surface area contributed by atoms with Crippen LogP contribution in [0, 0.1) is 23.7 Å². The van der Waals surface area contributed by atoms with E-state index in [-0.39, 0.29) is 66.2 Å². The Hall–Kier alpha value is -5.03. The lowest BCUT2D eigenvalue weighted by Gasteiger charge is -2.31. The maximum Gasteiger partial charge on any atom is 0.309 e. The number of amides is 1. The monoisotopic (exact) mass is 836 g/mol. The molecule has 9 unspecified atom stereocenters. The van der Waals surface area contributed by atoms with Crippen molar-refractivity contribution in [3.8, 4) is 23.2 Å². The Morgan fingerprint density at radius 1 is 0.983 bits per heavy atom. The number of ether oxygens (including phenoxy) is 4. The molecule has 1 amide bonds. The van der Waals surface area contributed by atoms with Crippen molar-refractivity contribution in [1.29, 1.82) is 0 Å². The van der Waals surface area contributed by atoms with Gasteiger partial charge in [0.15, 0.2) is 11.4 Å². The number of cyclic esters (lactones) is 1. The quantitative estimate of drug-likeness (QED) is 0.0932. The van der Waals surface area contributed by atoms with Crippen LogP contribution in [0.15, 0.2) is 62.5 Å². The van der Waals surface area contributed by atoms with Crippen LogP contribution in [0.2, 0.25) is 0 Å². The van der Waals surface area contributed by atoms with E-state index in [9.17, 15) is 24.3 Å². The topological polar surface area (TPSA) is 207 Å². The fourth-order valence-electron chi connectivity index (χ4n) is 7.03. The number of fused-ring (bicyclic) bond motifs is 8. The molecule has 0 saturated heterocycles. The standard InChI is InChI=1S/C44H60N4O12/c1-27-13-9-10-17-40-45-33(24-57-40)43-47-34(25-59-43)44-46-32(23-58-44)42(56-8)30(4)35(51)15-11-14-31(50)21-41(53)60-39(27)22-38(55-7)28(2)18-19-36(52)29(3)37(54-6)16-12-20-48(5)26-49/h10-12,14,17,20,23-31,37-39,42,50H,9,13,15-16,18-19,21-22H2,1-8H3/b14-11+,17-10+,20-12+. The van der Waals surface area contributed by atoms with E-state index in [0.717, 1.165) is 0 Å². The summed E-state index contributed by atoms with van der Waals surface area (Å²) in [6, 6.07) is 0. The van der Waals surface area contributed by atoms with Crippen molar-refractivity contribution in [1.82, 2.24) is 19.9 Å². The smallest absolute Gasteiger partial charge is 0.309 e. The van der Waals surface area contributed by atoms with Crippen LogP contribution in [0.25, 0.3) is 29.2 Å². The van der Waals surface area contributed by atoms with Crippen LogP contribution in [-0.2, 0) is 38.1 Å². The zero-order valence-corrected chi connectivity index (χ0v) is 35.9. The summed E-state index contributed by atoms with van der Waals surface area (Å²) in [5.41, 5.74) is 1.08. The van der Waals surface area contributed by atoms with Crippen LogP contribution in [0.3, 0.4) is 0 Å². The zero-order valence-electron chi connectivity index (χ0n) is 35.9. The normalized spacial score (nSPS) is 24.1. The summed E-state index contributed by atoms with van der Waals surface area (Å²) in [5, 5.41) is 10.8. The van der Waals surface area contributed by atoms with E-state index in [1.54, 1.807) is 46.5 Å². The Morgan fingerprint density at radius 2 is 1.68 bits per heavy atom. The highest BCUT2D eigenvalue weighted by Crippen LogP contribution is 2.31. The number of nitrogens with zero attached hydrogens (tertiary/aromatic N) is 4. The molecular formula is C44H60N4O12. The van der Waals surface area contributed by atoms with E-state index in [0.29, 0.717) is 67.9 Å². The van der Waals surface area contributed by atoms with Crippen molar-refractivity contribution < 1.29 is 56.5 Å². The predicted molar refractivity (Wildman–Crippen MR) is 219 cm³/mol. The summed E-state index contributed by atoms with van der Waals surface area (Å²) in [6.45, 7) is 7.55. The van der Waals surface area contributed by atoms with Gasteiger partial charge in [0.25, 0.3) is 0 Å². The van der Waals surface area contributed by atoms with Crippen molar-refractivity contribution in [3.63, 3.8) is 0 Å². The molecule has 1 aliphatic heterocycles. The van der Waals surface area contributed by atoms with Gasteiger partial charge in [-0.15, -0.1) is 0 Å². The van der Waals surface area contributed by atoms with Gasteiger partial charge in [0, 0.05) is 65.7 Å². The second-order valence-electron chi connectivity index (χ2n) is 15.4. The Bertz CT molecular complexity index is 1910. The van der Waals surface area contributed by atoms with Crippen molar-refractivity contribution in [3.05, 3.63) is 60.9 Å². The second kappa shape index (κ2) is 23.7. The highest BCUT2D eigenvalue weighted by atomic mass is 16.5. The third-order valence-electron chi connectivity index (χ3n) is 11.0. The average molecular weight is 837 g/mol. The molecule has 328 valence electrons. The Labute approximate surface area is 351 Å². The number of carbonyl (C=O) groups excluding carboxylic acids is 4. The third kappa shape index (κ3) is 13.8. The summed E-state index contributed by atoms with van der Waals surface area (Å²) in [4.78, 5) is 65.5. The molecule has 4 rings (SSSR count). The van der Waals surface area contributed by atoms with Crippen LogP contribution in [0.1, 0.15) is 96.8 Å². The molecular weight excluding hydrogens is 776 g/mol. The van der Waals surface area contributed by atoms with Crippen LogP contribution < -0.4 is 0 Å². The van der Waals surface area contributed by atoms with Crippen LogP contribution in [0.4, 0.5) is 0 Å². The van der Waals surface area contributed by atoms with Crippen LogP contribution >= 0.6 is 0 Å². The van der Waals surface area contributed by atoms with Crippen molar-refractivity contribution in [2.24, 2.45) is 23.7 Å². The van der Waals surface area contributed by atoms with E-state index in [1.165, 1.54) is 43.0 Å². The van der Waals surface area contributed by atoms with Crippen LogP contribution in [-0.4, -0.2) is 102 Å². The van der Waals surface area contributed by atoms with E-state index < -0.39 is 30.2 Å². The molecule has 1 aliphatic rings. The molecule has 1 N–H and O–H groups in total. The van der Waals surface area contributed by atoms with Gasteiger partial charge in [-0.05, 0) is 43.6 Å². The first kappa shape index (κ1) is 47.6. The van der Waals surface area contributed by atoms with E-state index in [1.807, 2.05) is 26.8 Å². The summed E-state index contributed by atoms with van der Waals surface area (Å²) < 4.78 is 40.2. The number of methoxy groups -OCH3 is 3. The molecule has 3 aromatic rings. The molecule has 3 aromatic heterocycles. The maximum absolute atomic E-state index is 13.3. The number of hydrogen-bond acceptors (Lipinski definition) is 15. The SMILES string of the molecule is COC(CC1OC(=O)CC(O)/C=C/CC(=O)C(C)C(OC)c2coc(n2)-c2coc(n2)-c2coc(n2)/C=C/CCC1C)C(C)CCC(=O)C(C)C(C/C=C/N(C)C=O)OC. The summed E-state index contributed by atoms with van der Waals surface area (Å²) in [6.07, 6.45) is 14.3. The molecule has 0 fully saturated rings. The molecule has 0 radical (unpaired) electrons. The molecule has 6 bridgehead atoms. The number of Topliss-reactive ketones (excluding diaryl/α,β-unsaturated/α-hetero) is 2. The number of hydrogen-bond donors (Lipinski definition) is 1. The zero-order chi connectivity index (χ0) is 43.8. The minimum absolute atomic E-state index is 0.0196. The number of aliphatic hydroxyl groups is 1. The summed E-state index contributed by atoms with van der Waals surface area (Å²) in [5.74, 6) is -1.21. The van der Waals surface area contributed by atoms with Gasteiger partial charge >= 0.3 is 5.97 Å². The minimum Gasteiger partial charge on any atom is -0.462 e. The number of carbonyl (C=O) groups is 4. The number of aromatic nitrogens is 3. The second-order valence-corrected chi connectivity index (χ2v) is 15.4. The fraction of sp³-hybridized carbons (Fsp3) is 0.568. The molecule has 4 heterocycles. The fourth-order valence-corrected chi connectivity index (χ4v) is 7.03. The number of ketones is 2. The van der Waals surface area contributed by atoms with E-state index in [4.69, 9.17) is 32.2 Å². The predicted octanol–water partition coefficient (Wildman–Crippen LogP) is 6.96. The van der Waals surface area contributed by atoms with Crippen molar-refractivity contribution in [2.75, 3.05) is 28.4 Å². The molecule has 16 heteroatoms. The van der Waals surface area contributed by atoms with E-state index >= 15 is 0 Å². The highest BCUT2D eigenvalue weighted by molar-refractivity contribution is 5.83. The van der Waals surface area contributed by atoms with Gasteiger partial charge in [0.1, 0.15) is 48.3 Å². The molecule has 0 aromatic carbocycles. The number of oxazole rings is 3. The Morgan fingerprint density at radius 3 is 2.40 bits per heavy atom. The number of rotatable bonds is 15. The van der Waals surface area contributed by atoms with Crippen LogP contribution in [0.5, 0.6) is 0 Å².